The first-order valence-electron chi connectivity index (χ1n) is 6.03. The van der Waals surface area contributed by atoms with E-state index in [1.165, 1.54) is 0 Å². The summed E-state index contributed by atoms with van der Waals surface area (Å²) in [5.41, 5.74) is -0.314. The molecule has 0 saturated heterocycles. The maximum Gasteiger partial charge on any atom is 0.227 e. The predicted molar refractivity (Wildman–Crippen MR) is 71.6 cm³/mol. The standard InChI is InChI=1S/C11H24N2O.C2H6/c1-10(2,9(14)13(6)7)8-11(3,4)12-5;1-2/h12H,8H2,1-7H3;1-2H3. The topological polar surface area (TPSA) is 32.3 Å². The van der Waals surface area contributed by atoms with Crippen LogP contribution in [0.15, 0.2) is 0 Å². The summed E-state index contributed by atoms with van der Waals surface area (Å²) in [5, 5.41) is 3.22. The van der Waals surface area contributed by atoms with Gasteiger partial charge in [0, 0.05) is 25.0 Å². The van der Waals surface area contributed by atoms with Crippen LogP contribution in [-0.4, -0.2) is 37.5 Å². The summed E-state index contributed by atoms with van der Waals surface area (Å²) in [7, 11) is 5.53. The molecule has 0 aliphatic rings. The van der Waals surface area contributed by atoms with Gasteiger partial charge in [0.25, 0.3) is 0 Å². The average Bonchev–Trinajstić information content (AvgIpc) is 2.18. The Morgan fingerprint density at radius 2 is 1.50 bits per heavy atom. The Bertz CT molecular complexity index is 208. The summed E-state index contributed by atoms with van der Waals surface area (Å²) in [4.78, 5) is 13.5. The minimum Gasteiger partial charge on any atom is -0.348 e. The second-order valence-corrected chi connectivity index (χ2v) is 5.39. The van der Waals surface area contributed by atoms with E-state index in [1.807, 2.05) is 34.7 Å². The Kier molecular flexibility index (Phi) is 7.68. The molecule has 0 aromatic carbocycles. The van der Waals surface area contributed by atoms with Crippen molar-refractivity contribution in [2.75, 3.05) is 21.1 Å². The van der Waals surface area contributed by atoms with Crippen LogP contribution < -0.4 is 5.32 Å². The van der Waals surface area contributed by atoms with Gasteiger partial charge in [0.05, 0.1) is 0 Å². The van der Waals surface area contributed by atoms with Crippen LogP contribution in [0.1, 0.15) is 48.0 Å². The molecule has 1 amide bonds. The highest BCUT2D eigenvalue weighted by molar-refractivity contribution is 5.81. The zero-order chi connectivity index (χ0) is 13.6. The Labute approximate surface area is 102 Å². The molecule has 3 nitrogen and oxygen atoms in total. The molecule has 0 saturated carbocycles. The molecular weight excluding hydrogens is 200 g/mol. The van der Waals surface area contributed by atoms with E-state index in [1.54, 1.807) is 19.0 Å². The number of nitrogens with one attached hydrogen (secondary N) is 1. The van der Waals surface area contributed by atoms with Crippen LogP contribution in [0.2, 0.25) is 0 Å². The van der Waals surface area contributed by atoms with Crippen molar-refractivity contribution in [3.8, 4) is 0 Å². The molecule has 0 radical (unpaired) electrons. The lowest BCUT2D eigenvalue weighted by Crippen LogP contribution is -2.46. The van der Waals surface area contributed by atoms with E-state index < -0.39 is 0 Å². The first-order chi connectivity index (χ1) is 7.12. The zero-order valence-electron chi connectivity index (χ0n) is 12.6. The van der Waals surface area contributed by atoms with Crippen molar-refractivity contribution in [3.63, 3.8) is 0 Å². The molecule has 16 heavy (non-hydrogen) atoms. The van der Waals surface area contributed by atoms with Crippen molar-refractivity contribution >= 4 is 5.91 Å². The molecule has 0 spiro atoms. The maximum absolute atomic E-state index is 11.9. The van der Waals surface area contributed by atoms with Gasteiger partial charge in [-0.3, -0.25) is 4.79 Å². The van der Waals surface area contributed by atoms with Crippen LogP contribution >= 0.6 is 0 Å². The second kappa shape index (κ2) is 6.89. The van der Waals surface area contributed by atoms with Crippen molar-refractivity contribution in [1.82, 2.24) is 10.2 Å². The van der Waals surface area contributed by atoms with Gasteiger partial charge in [-0.25, -0.2) is 0 Å². The monoisotopic (exact) mass is 230 g/mol. The van der Waals surface area contributed by atoms with Gasteiger partial charge >= 0.3 is 0 Å². The SMILES string of the molecule is CC.CNC(C)(C)CC(C)(C)C(=O)N(C)C. The minimum atomic E-state index is -0.310. The fraction of sp³-hybridized carbons (Fsp3) is 0.923. The summed E-state index contributed by atoms with van der Waals surface area (Å²) >= 11 is 0. The molecule has 98 valence electrons. The summed E-state index contributed by atoms with van der Waals surface area (Å²) in [5.74, 6) is 0.181. The van der Waals surface area contributed by atoms with E-state index in [2.05, 4.69) is 19.2 Å². The number of amides is 1. The average molecular weight is 230 g/mol. The minimum absolute atomic E-state index is 0.00479. The number of hydrogen-bond acceptors (Lipinski definition) is 2. The third-order valence-corrected chi connectivity index (χ3v) is 2.55. The number of rotatable bonds is 4. The highest BCUT2D eigenvalue weighted by Crippen LogP contribution is 2.29. The maximum atomic E-state index is 11.9. The normalized spacial score (nSPS) is 11.6. The quantitative estimate of drug-likeness (QED) is 0.805. The summed E-state index contributed by atoms with van der Waals surface area (Å²) in [6.45, 7) is 12.2. The molecule has 0 fully saturated rings. The van der Waals surface area contributed by atoms with Gasteiger partial charge in [-0.05, 0) is 27.3 Å². The Morgan fingerprint density at radius 3 is 1.75 bits per heavy atom. The van der Waals surface area contributed by atoms with Gasteiger partial charge in [-0.2, -0.15) is 0 Å². The van der Waals surface area contributed by atoms with E-state index in [9.17, 15) is 4.79 Å². The highest BCUT2D eigenvalue weighted by atomic mass is 16.2. The Morgan fingerprint density at radius 1 is 1.12 bits per heavy atom. The molecule has 0 aromatic rings. The number of nitrogens with zero attached hydrogens (tertiary/aromatic N) is 1. The first-order valence-corrected chi connectivity index (χ1v) is 6.03. The number of carbonyl (C=O) groups excluding carboxylic acids is 1. The van der Waals surface area contributed by atoms with Gasteiger partial charge in [-0.15, -0.1) is 0 Å². The van der Waals surface area contributed by atoms with Crippen LogP contribution in [0.4, 0.5) is 0 Å². The molecule has 0 heterocycles. The number of hydrogen-bond donors (Lipinski definition) is 1. The van der Waals surface area contributed by atoms with E-state index in [4.69, 9.17) is 0 Å². The van der Waals surface area contributed by atoms with Crippen LogP contribution in [-0.2, 0) is 4.79 Å². The number of carbonyl (C=O) groups is 1. The van der Waals surface area contributed by atoms with E-state index in [-0.39, 0.29) is 16.9 Å². The molecule has 0 unspecified atom stereocenters. The largest absolute Gasteiger partial charge is 0.348 e. The van der Waals surface area contributed by atoms with Crippen molar-refractivity contribution in [2.45, 2.75) is 53.5 Å². The first kappa shape index (κ1) is 17.8. The van der Waals surface area contributed by atoms with Crippen molar-refractivity contribution < 1.29 is 4.79 Å². The lowest BCUT2D eigenvalue weighted by molar-refractivity contribution is -0.138. The second-order valence-electron chi connectivity index (χ2n) is 5.39. The van der Waals surface area contributed by atoms with Crippen LogP contribution in [0.5, 0.6) is 0 Å². The van der Waals surface area contributed by atoms with Gasteiger partial charge in [0.15, 0.2) is 0 Å². The molecule has 1 N–H and O–H groups in total. The molecule has 0 rings (SSSR count). The third kappa shape index (κ3) is 6.11. The van der Waals surface area contributed by atoms with Gasteiger partial charge in [0.1, 0.15) is 0 Å². The molecule has 0 aliphatic carbocycles. The molecule has 0 atom stereocenters. The summed E-state index contributed by atoms with van der Waals surface area (Å²) < 4.78 is 0. The van der Waals surface area contributed by atoms with Crippen molar-refractivity contribution in [2.24, 2.45) is 5.41 Å². The van der Waals surface area contributed by atoms with E-state index in [0.717, 1.165) is 6.42 Å². The molecular formula is C13H30N2O. The van der Waals surface area contributed by atoms with Crippen LogP contribution in [0.25, 0.3) is 0 Å². The summed E-state index contributed by atoms with van der Waals surface area (Å²) in [6, 6.07) is 0. The molecule has 0 aromatic heterocycles. The van der Waals surface area contributed by atoms with Crippen molar-refractivity contribution in [3.05, 3.63) is 0 Å². The predicted octanol–water partition coefficient (Wildman–Crippen LogP) is 2.52. The lowest BCUT2D eigenvalue weighted by atomic mass is 9.79. The Hall–Kier alpha value is -0.570. The van der Waals surface area contributed by atoms with Crippen LogP contribution in [0, 0.1) is 5.41 Å². The summed E-state index contributed by atoms with van der Waals surface area (Å²) in [6.07, 6.45) is 0.827. The molecule has 3 heteroatoms. The van der Waals surface area contributed by atoms with Gasteiger partial charge in [-0.1, -0.05) is 27.7 Å². The Balaban J connectivity index is 0. The molecule has 0 bridgehead atoms. The fourth-order valence-electron chi connectivity index (χ4n) is 1.87. The zero-order valence-corrected chi connectivity index (χ0v) is 12.6. The van der Waals surface area contributed by atoms with Gasteiger partial charge in [0.2, 0.25) is 5.91 Å². The smallest absolute Gasteiger partial charge is 0.227 e. The van der Waals surface area contributed by atoms with E-state index >= 15 is 0 Å². The van der Waals surface area contributed by atoms with E-state index in [0.29, 0.717) is 0 Å². The lowest BCUT2D eigenvalue weighted by Gasteiger charge is -2.35. The highest BCUT2D eigenvalue weighted by Gasteiger charge is 2.34. The molecule has 0 aliphatic heterocycles. The fourth-order valence-corrected chi connectivity index (χ4v) is 1.87. The van der Waals surface area contributed by atoms with Crippen LogP contribution in [0.3, 0.4) is 0 Å². The third-order valence-electron chi connectivity index (χ3n) is 2.55. The van der Waals surface area contributed by atoms with Gasteiger partial charge < -0.3 is 10.2 Å². The van der Waals surface area contributed by atoms with Crippen molar-refractivity contribution in [1.29, 1.82) is 0 Å².